The van der Waals surface area contributed by atoms with E-state index in [2.05, 4.69) is 22.6 Å². The normalized spacial score (nSPS) is 10.8. The largest absolute Gasteiger partial charge is 0.497 e. The van der Waals surface area contributed by atoms with Gasteiger partial charge in [0.2, 0.25) is 0 Å². The molecule has 0 fully saturated rings. The average molecular weight is 303 g/mol. The van der Waals surface area contributed by atoms with Gasteiger partial charge in [-0.3, -0.25) is 9.17 Å². The molecule has 0 aliphatic heterocycles. The third kappa shape index (κ3) is 2.73. The van der Waals surface area contributed by atoms with Crippen molar-refractivity contribution in [2.75, 3.05) is 7.11 Å². The van der Waals surface area contributed by atoms with Crippen LogP contribution in [-0.4, -0.2) is 11.5 Å². The summed E-state index contributed by atoms with van der Waals surface area (Å²) in [6.45, 7) is 0. The highest BCUT2D eigenvalue weighted by molar-refractivity contribution is 7.98. The van der Waals surface area contributed by atoms with Crippen LogP contribution in [-0.2, 0) is 5.75 Å². The van der Waals surface area contributed by atoms with Crippen molar-refractivity contribution in [3.63, 3.8) is 0 Å². The molecule has 20 heavy (non-hydrogen) atoms. The maximum absolute atomic E-state index is 11.5. The fraction of sp³-hybridized carbons (Fsp3) is 0.133. The number of benzene rings is 2. The van der Waals surface area contributed by atoms with E-state index in [0.29, 0.717) is 0 Å². The molecule has 0 saturated heterocycles. The standard InChI is InChI=1S/C15H13NO2S2/c1-18-11-4-2-10(3-5-11)9-19-12-6-7-13-14(8-12)20-16-15(13)17/h2-8H,9H2,1H3,(H,16,17). The molecular weight excluding hydrogens is 290 g/mol. The lowest BCUT2D eigenvalue weighted by atomic mass is 10.2. The Labute approximate surface area is 124 Å². The van der Waals surface area contributed by atoms with Crippen molar-refractivity contribution in [2.24, 2.45) is 0 Å². The summed E-state index contributed by atoms with van der Waals surface area (Å²) >= 11 is 3.15. The van der Waals surface area contributed by atoms with E-state index in [1.54, 1.807) is 18.9 Å². The van der Waals surface area contributed by atoms with E-state index in [1.807, 2.05) is 24.3 Å². The van der Waals surface area contributed by atoms with Crippen molar-refractivity contribution >= 4 is 33.4 Å². The summed E-state index contributed by atoms with van der Waals surface area (Å²) in [7, 11) is 1.67. The number of nitrogens with one attached hydrogen (secondary N) is 1. The Morgan fingerprint density at radius 3 is 2.75 bits per heavy atom. The summed E-state index contributed by atoms with van der Waals surface area (Å²) in [6, 6.07) is 14.0. The Bertz CT molecular complexity index is 774. The van der Waals surface area contributed by atoms with Gasteiger partial charge in [0.05, 0.1) is 17.2 Å². The number of fused-ring (bicyclic) bond motifs is 1. The fourth-order valence-corrected chi connectivity index (χ4v) is 3.64. The molecule has 3 nitrogen and oxygen atoms in total. The summed E-state index contributed by atoms with van der Waals surface area (Å²) < 4.78 is 8.91. The van der Waals surface area contributed by atoms with Gasteiger partial charge >= 0.3 is 0 Å². The quantitative estimate of drug-likeness (QED) is 0.743. The lowest BCUT2D eigenvalue weighted by Gasteiger charge is -2.04. The van der Waals surface area contributed by atoms with E-state index in [4.69, 9.17) is 4.74 Å². The smallest absolute Gasteiger partial charge is 0.265 e. The Morgan fingerprint density at radius 2 is 2.00 bits per heavy atom. The van der Waals surface area contributed by atoms with Crippen LogP contribution < -0.4 is 10.3 Å². The number of methoxy groups -OCH3 is 1. The molecule has 1 N–H and O–H groups in total. The molecule has 0 unspecified atom stereocenters. The topological polar surface area (TPSA) is 42.1 Å². The van der Waals surface area contributed by atoms with Crippen LogP contribution in [0.2, 0.25) is 0 Å². The zero-order chi connectivity index (χ0) is 13.9. The van der Waals surface area contributed by atoms with Gasteiger partial charge < -0.3 is 4.74 Å². The second-order valence-corrected chi connectivity index (χ2v) is 6.22. The zero-order valence-corrected chi connectivity index (χ0v) is 12.5. The molecule has 0 aliphatic rings. The van der Waals surface area contributed by atoms with E-state index in [0.717, 1.165) is 21.6 Å². The van der Waals surface area contributed by atoms with Gasteiger partial charge in [-0.25, -0.2) is 0 Å². The highest BCUT2D eigenvalue weighted by Crippen LogP contribution is 2.27. The van der Waals surface area contributed by atoms with Gasteiger partial charge in [-0.05, 0) is 35.9 Å². The van der Waals surface area contributed by atoms with E-state index in [9.17, 15) is 4.79 Å². The van der Waals surface area contributed by atoms with Crippen LogP contribution >= 0.6 is 23.3 Å². The lowest BCUT2D eigenvalue weighted by Crippen LogP contribution is -1.95. The summed E-state index contributed by atoms with van der Waals surface area (Å²) in [4.78, 5) is 12.6. The monoisotopic (exact) mass is 303 g/mol. The number of aromatic amines is 1. The predicted octanol–water partition coefficient (Wildman–Crippen LogP) is 3.89. The van der Waals surface area contributed by atoms with E-state index < -0.39 is 0 Å². The summed E-state index contributed by atoms with van der Waals surface area (Å²) in [5.41, 5.74) is 1.25. The molecule has 0 spiro atoms. The summed E-state index contributed by atoms with van der Waals surface area (Å²) in [5, 5.41) is 0.767. The lowest BCUT2D eigenvalue weighted by molar-refractivity contribution is 0.414. The van der Waals surface area contributed by atoms with Crippen molar-refractivity contribution in [3.8, 4) is 5.75 Å². The molecule has 5 heteroatoms. The average Bonchev–Trinajstić information content (AvgIpc) is 2.87. The van der Waals surface area contributed by atoms with Crippen LogP contribution in [0.1, 0.15) is 5.56 Å². The van der Waals surface area contributed by atoms with Crippen molar-refractivity contribution < 1.29 is 4.74 Å². The number of ether oxygens (including phenoxy) is 1. The number of aromatic nitrogens is 1. The van der Waals surface area contributed by atoms with Gasteiger partial charge in [-0.15, -0.1) is 11.8 Å². The van der Waals surface area contributed by atoms with Crippen LogP contribution in [0.4, 0.5) is 0 Å². The van der Waals surface area contributed by atoms with Gasteiger partial charge in [-0.1, -0.05) is 23.7 Å². The number of thioether (sulfide) groups is 1. The first-order valence-corrected chi connectivity index (χ1v) is 7.93. The zero-order valence-electron chi connectivity index (χ0n) is 10.9. The molecule has 1 heterocycles. The van der Waals surface area contributed by atoms with E-state index >= 15 is 0 Å². The molecule has 3 aromatic rings. The second kappa shape index (κ2) is 5.73. The molecular formula is C15H13NO2S2. The van der Waals surface area contributed by atoms with Gasteiger partial charge in [0.1, 0.15) is 5.75 Å². The third-order valence-electron chi connectivity index (χ3n) is 3.02. The van der Waals surface area contributed by atoms with Gasteiger partial charge in [0.25, 0.3) is 5.56 Å². The number of hydrogen-bond donors (Lipinski definition) is 1. The number of rotatable bonds is 4. The first-order chi connectivity index (χ1) is 9.76. The maximum Gasteiger partial charge on any atom is 0.265 e. The molecule has 0 aliphatic carbocycles. The minimum absolute atomic E-state index is 0.00305. The fourth-order valence-electron chi connectivity index (χ4n) is 1.91. The number of H-pyrrole nitrogens is 1. The van der Waals surface area contributed by atoms with Crippen molar-refractivity contribution in [1.82, 2.24) is 4.37 Å². The van der Waals surface area contributed by atoms with Gasteiger partial charge in [-0.2, -0.15) is 0 Å². The first-order valence-electron chi connectivity index (χ1n) is 6.13. The Balaban J connectivity index is 1.74. The van der Waals surface area contributed by atoms with Gasteiger partial charge in [0, 0.05) is 10.6 Å². The molecule has 0 radical (unpaired) electrons. The Kier molecular flexibility index (Phi) is 3.80. The van der Waals surface area contributed by atoms with Crippen LogP contribution in [0.5, 0.6) is 5.75 Å². The minimum Gasteiger partial charge on any atom is -0.497 e. The molecule has 3 rings (SSSR count). The molecule has 0 bridgehead atoms. The van der Waals surface area contributed by atoms with Crippen molar-refractivity contribution in [1.29, 1.82) is 0 Å². The molecule has 0 atom stereocenters. The molecule has 0 amide bonds. The van der Waals surface area contributed by atoms with Crippen LogP contribution in [0, 0.1) is 0 Å². The molecule has 0 saturated carbocycles. The SMILES string of the molecule is COc1ccc(CSc2ccc3c(=O)[nH]sc3c2)cc1. The second-order valence-electron chi connectivity index (χ2n) is 4.33. The first kappa shape index (κ1) is 13.3. The summed E-state index contributed by atoms with van der Waals surface area (Å²) in [6.07, 6.45) is 0. The highest BCUT2D eigenvalue weighted by Gasteiger charge is 2.03. The molecule has 2 aromatic carbocycles. The van der Waals surface area contributed by atoms with Crippen LogP contribution in [0.3, 0.4) is 0 Å². The van der Waals surface area contributed by atoms with E-state index in [1.165, 1.54) is 22.0 Å². The Hall–Kier alpha value is -1.72. The van der Waals surface area contributed by atoms with Crippen LogP contribution in [0.25, 0.3) is 10.1 Å². The van der Waals surface area contributed by atoms with Crippen molar-refractivity contribution in [2.45, 2.75) is 10.6 Å². The minimum atomic E-state index is -0.00305. The van der Waals surface area contributed by atoms with Gasteiger partial charge in [0.15, 0.2) is 0 Å². The number of hydrogen-bond acceptors (Lipinski definition) is 4. The van der Waals surface area contributed by atoms with Crippen molar-refractivity contribution in [3.05, 3.63) is 58.4 Å². The van der Waals surface area contributed by atoms with E-state index in [-0.39, 0.29) is 5.56 Å². The highest BCUT2D eigenvalue weighted by atomic mass is 32.2. The molecule has 1 aromatic heterocycles. The molecule has 102 valence electrons. The summed E-state index contributed by atoms with van der Waals surface area (Å²) in [5.74, 6) is 1.77. The Morgan fingerprint density at radius 1 is 1.20 bits per heavy atom. The predicted molar refractivity (Wildman–Crippen MR) is 85.0 cm³/mol. The maximum atomic E-state index is 11.5. The van der Waals surface area contributed by atoms with Crippen LogP contribution in [0.15, 0.2) is 52.2 Å². The third-order valence-corrected chi connectivity index (χ3v) is 4.93.